The molecular weight excluding hydrogens is 347 g/mol. The van der Waals surface area contributed by atoms with Gasteiger partial charge in [0.1, 0.15) is 5.75 Å². The lowest BCUT2D eigenvalue weighted by Crippen LogP contribution is -2.54. The van der Waals surface area contributed by atoms with Gasteiger partial charge in [0.15, 0.2) is 6.10 Å². The Morgan fingerprint density at radius 1 is 1.33 bits per heavy atom. The first-order chi connectivity index (χ1) is 11.5. The molecule has 0 saturated carbocycles. The highest BCUT2D eigenvalue weighted by Crippen LogP contribution is 2.36. The van der Waals surface area contributed by atoms with Crippen molar-refractivity contribution in [1.29, 1.82) is 0 Å². The predicted molar refractivity (Wildman–Crippen MR) is 96.9 cm³/mol. The molecule has 1 aromatic rings. The first-order valence-corrected chi connectivity index (χ1v) is 9.36. The summed E-state index contributed by atoms with van der Waals surface area (Å²) in [6, 6.07) is 5.04. The van der Waals surface area contributed by atoms with E-state index in [1.807, 2.05) is 4.90 Å². The third-order valence-corrected chi connectivity index (χ3v) is 5.61. The summed E-state index contributed by atoms with van der Waals surface area (Å²) in [4.78, 5) is 14.8. The maximum absolute atomic E-state index is 12.8. The molecule has 2 aliphatic rings. The van der Waals surface area contributed by atoms with Crippen LogP contribution in [0.1, 0.15) is 32.6 Å². The second-order valence-electron chi connectivity index (χ2n) is 6.98. The van der Waals surface area contributed by atoms with Crippen LogP contribution in [0.2, 0.25) is 10.0 Å². The molecule has 132 valence electrons. The van der Waals surface area contributed by atoms with E-state index < -0.39 is 6.10 Å². The smallest absolute Gasteiger partial charge is 0.263 e. The van der Waals surface area contributed by atoms with E-state index in [0.29, 0.717) is 15.8 Å². The number of piperidine rings is 2. The average molecular weight is 371 g/mol. The molecule has 0 aromatic heterocycles. The fraction of sp³-hybridized carbons (Fsp3) is 0.611. The van der Waals surface area contributed by atoms with Crippen molar-refractivity contribution in [1.82, 2.24) is 10.2 Å². The van der Waals surface area contributed by atoms with Gasteiger partial charge in [-0.2, -0.15) is 0 Å². The molecular formula is C18H24Cl2N2O2. The lowest BCUT2D eigenvalue weighted by Gasteiger charge is -2.45. The second kappa shape index (κ2) is 7.51. The number of amides is 1. The van der Waals surface area contributed by atoms with Gasteiger partial charge in [-0.25, -0.2) is 0 Å². The van der Waals surface area contributed by atoms with Gasteiger partial charge in [-0.1, -0.05) is 23.2 Å². The molecule has 2 unspecified atom stereocenters. The molecule has 1 amide bonds. The Labute approximate surface area is 153 Å². The van der Waals surface area contributed by atoms with Crippen LogP contribution in [-0.2, 0) is 4.79 Å². The number of likely N-dealkylation sites (tertiary alicyclic amines) is 1. The number of rotatable bonds is 3. The van der Waals surface area contributed by atoms with Crippen molar-refractivity contribution in [2.75, 3.05) is 26.2 Å². The van der Waals surface area contributed by atoms with Gasteiger partial charge in [0.2, 0.25) is 0 Å². The zero-order chi connectivity index (χ0) is 17.2. The van der Waals surface area contributed by atoms with Crippen LogP contribution in [-0.4, -0.2) is 43.1 Å². The quantitative estimate of drug-likeness (QED) is 0.880. The lowest BCUT2D eigenvalue weighted by atomic mass is 9.74. The van der Waals surface area contributed by atoms with E-state index in [2.05, 4.69) is 5.32 Å². The first kappa shape index (κ1) is 17.8. The minimum atomic E-state index is -0.560. The van der Waals surface area contributed by atoms with Gasteiger partial charge in [-0.3, -0.25) is 4.79 Å². The largest absolute Gasteiger partial charge is 0.479 e. The number of nitrogens with zero attached hydrogens (tertiary/aromatic N) is 1. The van der Waals surface area contributed by atoms with Crippen molar-refractivity contribution in [2.24, 2.45) is 5.41 Å². The zero-order valence-corrected chi connectivity index (χ0v) is 15.5. The van der Waals surface area contributed by atoms with E-state index in [-0.39, 0.29) is 11.3 Å². The number of hydrogen-bond donors (Lipinski definition) is 1. The molecule has 0 radical (unpaired) electrons. The number of carbonyl (C=O) groups is 1. The summed E-state index contributed by atoms with van der Waals surface area (Å²) < 4.78 is 5.79. The van der Waals surface area contributed by atoms with Crippen molar-refractivity contribution >= 4 is 29.1 Å². The Kier molecular flexibility index (Phi) is 5.58. The Balaban J connectivity index is 1.64. The molecule has 2 heterocycles. The molecule has 1 aromatic carbocycles. The standard InChI is InChI=1S/C18H24Cl2N2O2/c1-13(24-16-5-4-14(19)10-15(16)20)17(23)22-9-3-7-18(12-22)6-2-8-21-11-18/h4-5,10,13,21H,2-3,6-9,11-12H2,1H3. The highest BCUT2D eigenvalue weighted by atomic mass is 35.5. The van der Waals surface area contributed by atoms with E-state index >= 15 is 0 Å². The Hall–Kier alpha value is -0.970. The summed E-state index contributed by atoms with van der Waals surface area (Å²) in [6.45, 7) is 5.51. The van der Waals surface area contributed by atoms with Crippen LogP contribution < -0.4 is 10.1 Å². The van der Waals surface area contributed by atoms with E-state index in [1.165, 1.54) is 19.3 Å². The molecule has 3 rings (SSSR count). The Morgan fingerprint density at radius 3 is 2.83 bits per heavy atom. The third kappa shape index (κ3) is 3.98. The molecule has 1 spiro atoms. The third-order valence-electron chi connectivity index (χ3n) is 5.08. The van der Waals surface area contributed by atoms with Gasteiger partial charge in [0, 0.05) is 30.1 Å². The van der Waals surface area contributed by atoms with E-state index in [0.717, 1.165) is 32.6 Å². The molecule has 2 saturated heterocycles. The molecule has 0 bridgehead atoms. The summed E-state index contributed by atoms with van der Waals surface area (Å²) in [5.41, 5.74) is 0.240. The first-order valence-electron chi connectivity index (χ1n) is 8.60. The molecule has 0 aliphatic carbocycles. The Morgan fingerprint density at radius 2 is 2.12 bits per heavy atom. The molecule has 6 heteroatoms. The molecule has 2 fully saturated rings. The molecule has 2 atom stereocenters. The van der Waals surface area contributed by atoms with Crippen LogP contribution >= 0.6 is 23.2 Å². The van der Waals surface area contributed by atoms with Gasteiger partial charge >= 0.3 is 0 Å². The average Bonchev–Trinajstić information content (AvgIpc) is 2.57. The summed E-state index contributed by atoms with van der Waals surface area (Å²) >= 11 is 12.0. The van der Waals surface area contributed by atoms with Crippen LogP contribution in [0.25, 0.3) is 0 Å². The fourth-order valence-corrected chi connectivity index (χ4v) is 4.30. The number of halogens is 2. The highest BCUT2D eigenvalue weighted by Gasteiger charge is 2.39. The fourth-order valence-electron chi connectivity index (χ4n) is 3.84. The monoisotopic (exact) mass is 370 g/mol. The zero-order valence-electron chi connectivity index (χ0n) is 14.0. The van der Waals surface area contributed by atoms with Crippen molar-refractivity contribution in [3.63, 3.8) is 0 Å². The van der Waals surface area contributed by atoms with Gasteiger partial charge in [0.25, 0.3) is 5.91 Å². The number of carbonyl (C=O) groups excluding carboxylic acids is 1. The number of ether oxygens (including phenoxy) is 1. The second-order valence-corrected chi connectivity index (χ2v) is 7.82. The summed E-state index contributed by atoms with van der Waals surface area (Å²) in [5, 5.41) is 4.46. The maximum Gasteiger partial charge on any atom is 0.263 e. The van der Waals surface area contributed by atoms with E-state index in [1.54, 1.807) is 25.1 Å². The summed E-state index contributed by atoms with van der Waals surface area (Å²) in [6.07, 6.45) is 4.08. The van der Waals surface area contributed by atoms with Gasteiger partial charge < -0.3 is 15.0 Å². The minimum Gasteiger partial charge on any atom is -0.479 e. The summed E-state index contributed by atoms with van der Waals surface area (Å²) in [5.74, 6) is 0.527. The van der Waals surface area contributed by atoms with Crippen LogP contribution in [0.3, 0.4) is 0 Å². The van der Waals surface area contributed by atoms with Crippen LogP contribution in [0.5, 0.6) is 5.75 Å². The van der Waals surface area contributed by atoms with Crippen molar-refractivity contribution < 1.29 is 9.53 Å². The normalized spacial score (nSPS) is 25.5. The van der Waals surface area contributed by atoms with Crippen LogP contribution in [0, 0.1) is 5.41 Å². The minimum absolute atomic E-state index is 0.0330. The van der Waals surface area contributed by atoms with Crippen LogP contribution in [0.4, 0.5) is 0 Å². The van der Waals surface area contributed by atoms with Crippen molar-refractivity contribution in [3.05, 3.63) is 28.2 Å². The topological polar surface area (TPSA) is 41.6 Å². The van der Waals surface area contributed by atoms with E-state index in [4.69, 9.17) is 27.9 Å². The summed E-state index contributed by atoms with van der Waals surface area (Å²) in [7, 11) is 0. The Bertz CT molecular complexity index is 597. The number of benzene rings is 1. The molecule has 4 nitrogen and oxygen atoms in total. The van der Waals surface area contributed by atoms with Gasteiger partial charge in [0.05, 0.1) is 5.02 Å². The van der Waals surface area contributed by atoms with E-state index in [9.17, 15) is 4.79 Å². The molecule has 1 N–H and O–H groups in total. The lowest BCUT2D eigenvalue weighted by molar-refractivity contribution is -0.141. The number of nitrogens with one attached hydrogen (secondary N) is 1. The van der Waals surface area contributed by atoms with Gasteiger partial charge in [-0.15, -0.1) is 0 Å². The van der Waals surface area contributed by atoms with Crippen molar-refractivity contribution in [3.8, 4) is 5.75 Å². The molecule has 2 aliphatic heterocycles. The SMILES string of the molecule is CC(Oc1ccc(Cl)cc1Cl)C(=O)N1CCCC2(CCCNC2)C1. The van der Waals surface area contributed by atoms with Crippen molar-refractivity contribution in [2.45, 2.75) is 38.7 Å². The highest BCUT2D eigenvalue weighted by molar-refractivity contribution is 6.35. The maximum atomic E-state index is 12.8. The number of hydrogen-bond acceptors (Lipinski definition) is 3. The van der Waals surface area contributed by atoms with Crippen LogP contribution in [0.15, 0.2) is 18.2 Å². The molecule has 24 heavy (non-hydrogen) atoms. The predicted octanol–water partition coefficient (Wildman–Crippen LogP) is 3.75. The van der Waals surface area contributed by atoms with Gasteiger partial charge in [-0.05, 0) is 57.4 Å².